The molecule has 1 aromatic rings. The number of rotatable bonds is 8. The zero-order chi connectivity index (χ0) is 17.1. The van der Waals surface area contributed by atoms with Crippen molar-refractivity contribution < 1.29 is 22.6 Å². The highest BCUT2D eigenvalue weighted by atomic mass is 127. The number of guanidine groups is 1. The van der Waals surface area contributed by atoms with E-state index in [0.29, 0.717) is 31.3 Å². The van der Waals surface area contributed by atoms with Gasteiger partial charge in [-0.25, -0.2) is 0 Å². The molecule has 0 unspecified atom stereocenters. The fourth-order valence-electron chi connectivity index (χ4n) is 1.70. The van der Waals surface area contributed by atoms with Gasteiger partial charge in [0.15, 0.2) is 5.96 Å². The Balaban J connectivity index is 0.00000529. The predicted octanol–water partition coefficient (Wildman–Crippen LogP) is 3.20. The molecule has 0 aliphatic rings. The minimum absolute atomic E-state index is 0. The van der Waals surface area contributed by atoms with Gasteiger partial charge in [-0.2, -0.15) is 13.2 Å². The molecular weight excluding hydrogens is 438 g/mol. The number of halogens is 4. The van der Waals surface area contributed by atoms with E-state index in [1.165, 1.54) is 7.05 Å². The summed E-state index contributed by atoms with van der Waals surface area (Å²) in [6.45, 7) is 0.804. The van der Waals surface area contributed by atoms with Crippen molar-refractivity contribution in [3.8, 4) is 11.5 Å². The molecule has 2 N–H and O–H groups in total. The summed E-state index contributed by atoms with van der Waals surface area (Å²) in [7, 11) is 3.09. The van der Waals surface area contributed by atoms with Gasteiger partial charge in [-0.05, 0) is 18.6 Å². The van der Waals surface area contributed by atoms with E-state index in [1.807, 2.05) is 18.2 Å². The average molecular weight is 461 g/mol. The van der Waals surface area contributed by atoms with Crippen LogP contribution in [0.25, 0.3) is 0 Å². The Labute approximate surface area is 157 Å². The quantitative estimate of drug-likeness (QED) is 0.270. The predicted molar refractivity (Wildman–Crippen MR) is 98.6 cm³/mol. The molecule has 0 saturated carbocycles. The van der Waals surface area contributed by atoms with E-state index >= 15 is 0 Å². The molecule has 1 aromatic carbocycles. The molecule has 0 spiro atoms. The van der Waals surface area contributed by atoms with E-state index in [1.54, 1.807) is 13.2 Å². The number of methoxy groups -OCH3 is 1. The molecule has 0 heterocycles. The molecule has 0 fully saturated rings. The van der Waals surface area contributed by atoms with Gasteiger partial charge < -0.3 is 20.1 Å². The summed E-state index contributed by atoms with van der Waals surface area (Å²) in [5, 5.41) is 5.54. The van der Waals surface area contributed by atoms with Crippen molar-refractivity contribution in [2.45, 2.75) is 19.0 Å². The highest BCUT2D eigenvalue weighted by Gasteiger charge is 2.26. The number of nitrogens with zero attached hydrogens (tertiary/aromatic N) is 1. The van der Waals surface area contributed by atoms with Crippen molar-refractivity contribution in [2.24, 2.45) is 4.99 Å². The number of alkyl halides is 3. The number of aliphatic imine (C=N–C) groups is 1. The Morgan fingerprint density at radius 3 is 2.46 bits per heavy atom. The standard InChI is InChI=1S/C15H22F3N3O2.HI/c1-19-14(21-9-7-15(16,17)18)20-8-4-10-23-13-6-3-5-12(11-13)22-2;/h3,5-6,11H,4,7-10H2,1-2H3,(H2,19,20,21);1H. The molecule has 0 amide bonds. The largest absolute Gasteiger partial charge is 0.497 e. The monoisotopic (exact) mass is 461 g/mol. The molecular formula is C15H23F3IN3O2. The molecule has 0 aliphatic heterocycles. The van der Waals surface area contributed by atoms with Crippen LogP contribution in [0.4, 0.5) is 13.2 Å². The molecule has 0 bridgehead atoms. The molecule has 0 atom stereocenters. The van der Waals surface area contributed by atoms with Crippen molar-refractivity contribution in [3.63, 3.8) is 0 Å². The Morgan fingerprint density at radius 2 is 1.83 bits per heavy atom. The molecule has 5 nitrogen and oxygen atoms in total. The smallest absolute Gasteiger partial charge is 0.390 e. The van der Waals surface area contributed by atoms with Crippen LogP contribution < -0.4 is 20.1 Å². The third-order valence-corrected chi connectivity index (χ3v) is 2.85. The maximum Gasteiger partial charge on any atom is 0.390 e. The highest BCUT2D eigenvalue weighted by Crippen LogP contribution is 2.19. The Hall–Kier alpha value is -1.39. The zero-order valence-corrected chi connectivity index (χ0v) is 16.0. The van der Waals surface area contributed by atoms with Crippen LogP contribution >= 0.6 is 24.0 Å². The van der Waals surface area contributed by atoms with Crippen molar-refractivity contribution in [3.05, 3.63) is 24.3 Å². The SMILES string of the molecule is CN=C(NCCCOc1cccc(OC)c1)NCCC(F)(F)F.I. The van der Waals surface area contributed by atoms with Crippen LogP contribution in [0.3, 0.4) is 0 Å². The van der Waals surface area contributed by atoms with Gasteiger partial charge in [-0.15, -0.1) is 24.0 Å². The van der Waals surface area contributed by atoms with Crippen molar-refractivity contribution >= 4 is 29.9 Å². The first-order valence-corrected chi connectivity index (χ1v) is 7.22. The van der Waals surface area contributed by atoms with Gasteiger partial charge in [0.1, 0.15) is 11.5 Å². The highest BCUT2D eigenvalue weighted by molar-refractivity contribution is 14.0. The van der Waals surface area contributed by atoms with Crippen molar-refractivity contribution in [1.29, 1.82) is 0 Å². The van der Waals surface area contributed by atoms with Crippen molar-refractivity contribution in [1.82, 2.24) is 10.6 Å². The van der Waals surface area contributed by atoms with Gasteiger partial charge in [0, 0.05) is 26.2 Å². The van der Waals surface area contributed by atoms with E-state index in [2.05, 4.69) is 15.6 Å². The number of hydrogen-bond acceptors (Lipinski definition) is 3. The van der Waals surface area contributed by atoms with Crippen LogP contribution in [0.5, 0.6) is 11.5 Å². The summed E-state index contributed by atoms with van der Waals surface area (Å²) in [5.74, 6) is 1.77. The lowest BCUT2D eigenvalue weighted by molar-refractivity contribution is -0.132. The fourth-order valence-corrected chi connectivity index (χ4v) is 1.70. The maximum atomic E-state index is 12.1. The first-order chi connectivity index (χ1) is 10.9. The molecule has 0 aliphatic carbocycles. The molecule has 0 radical (unpaired) electrons. The summed E-state index contributed by atoms with van der Waals surface area (Å²) in [4.78, 5) is 3.86. The number of benzene rings is 1. The topological polar surface area (TPSA) is 54.9 Å². The van der Waals surface area contributed by atoms with E-state index in [-0.39, 0.29) is 30.5 Å². The van der Waals surface area contributed by atoms with Crippen molar-refractivity contribution in [2.75, 3.05) is 33.9 Å². The van der Waals surface area contributed by atoms with E-state index in [0.717, 1.165) is 5.75 Å². The average Bonchev–Trinajstić information content (AvgIpc) is 2.52. The molecule has 9 heteroatoms. The summed E-state index contributed by atoms with van der Waals surface area (Å²) >= 11 is 0. The molecule has 1 rings (SSSR count). The second-order valence-corrected chi connectivity index (χ2v) is 4.67. The van der Waals surface area contributed by atoms with Gasteiger partial charge >= 0.3 is 6.18 Å². The van der Waals surface area contributed by atoms with Gasteiger partial charge in [0.2, 0.25) is 0 Å². The first kappa shape index (κ1) is 22.6. The zero-order valence-electron chi connectivity index (χ0n) is 13.7. The number of hydrogen-bond donors (Lipinski definition) is 2. The third-order valence-electron chi connectivity index (χ3n) is 2.85. The fraction of sp³-hybridized carbons (Fsp3) is 0.533. The van der Waals surface area contributed by atoms with Gasteiger partial charge in [-0.1, -0.05) is 6.07 Å². The number of ether oxygens (including phenoxy) is 2. The Kier molecular flexibility index (Phi) is 11.3. The van der Waals surface area contributed by atoms with E-state index in [9.17, 15) is 13.2 Å². The second kappa shape index (κ2) is 12.0. The molecule has 0 saturated heterocycles. The van der Waals surface area contributed by atoms with Gasteiger partial charge in [0.05, 0.1) is 20.1 Å². The van der Waals surface area contributed by atoms with Gasteiger partial charge in [-0.3, -0.25) is 4.99 Å². The lowest BCUT2D eigenvalue weighted by Gasteiger charge is -2.13. The summed E-state index contributed by atoms with van der Waals surface area (Å²) < 4.78 is 46.8. The molecule has 0 aromatic heterocycles. The second-order valence-electron chi connectivity index (χ2n) is 4.67. The summed E-state index contributed by atoms with van der Waals surface area (Å²) in [6, 6.07) is 7.27. The lowest BCUT2D eigenvalue weighted by Crippen LogP contribution is -2.39. The molecule has 24 heavy (non-hydrogen) atoms. The minimum Gasteiger partial charge on any atom is -0.497 e. The normalized spacial score (nSPS) is 11.5. The van der Waals surface area contributed by atoms with Crippen LogP contribution in [0.1, 0.15) is 12.8 Å². The minimum atomic E-state index is -4.17. The maximum absolute atomic E-state index is 12.1. The summed E-state index contributed by atoms with van der Waals surface area (Å²) in [5.41, 5.74) is 0. The van der Waals surface area contributed by atoms with Crippen LogP contribution in [0.15, 0.2) is 29.3 Å². The van der Waals surface area contributed by atoms with Crippen LogP contribution in [-0.2, 0) is 0 Å². The molecule has 138 valence electrons. The van der Waals surface area contributed by atoms with Gasteiger partial charge in [0.25, 0.3) is 0 Å². The third kappa shape index (κ3) is 10.4. The summed E-state index contributed by atoms with van der Waals surface area (Å²) in [6.07, 6.45) is -4.39. The van der Waals surface area contributed by atoms with Crippen LogP contribution in [0, 0.1) is 0 Å². The van der Waals surface area contributed by atoms with Crippen LogP contribution in [0.2, 0.25) is 0 Å². The van der Waals surface area contributed by atoms with E-state index in [4.69, 9.17) is 9.47 Å². The van der Waals surface area contributed by atoms with E-state index < -0.39 is 12.6 Å². The van der Waals surface area contributed by atoms with Crippen LogP contribution in [-0.4, -0.2) is 46.0 Å². The Morgan fingerprint density at radius 1 is 1.17 bits per heavy atom. The first-order valence-electron chi connectivity index (χ1n) is 7.22. The number of nitrogens with one attached hydrogen (secondary N) is 2. The Bertz CT molecular complexity index is 499. The lowest BCUT2D eigenvalue weighted by atomic mass is 10.3.